The van der Waals surface area contributed by atoms with Gasteiger partial charge in [0.25, 0.3) is 0 Å². The minimum absolute atomic E-state index is 0.316. The smallest absolute Gasteiger partial charge is 0.222 e. The molecule has 4 heteroatoms. The number of carbonyl (C=O) groups excluding carboxylic acids is 1. The van der Waals surface area contributed by atoms with Crippen LogP contribution < -0.4 is 5.32 Å². The highest BCUT2D eigenvalue weighted by Gasteiger charge is 2.30. The van der Waals surface area contributed by atoms with Crippen LogP contribution in [0.3, 0.4) is 0 Å². The number of benzene rings is 1. The maximum absolute atomic E-state index is 12.3. The van der Waals surface area contributed by atoms with Crippen molar-refractivity contribution >= 4 is 5.91 Å². The van der Waals surface area contributed by atoms with Crippen LogP contribution in [0.4, 0.5) is 0 Å². The standard InChI is InChI=1S/C17H25N3O/c21-17(7-6-15-4-2-1-3-5-15)20-11-8-16(14-20)19-12-9-18-10-13-19/h1-5,16,18H,6-14H2. The topological polar surface area (TPSA) is 35.6 Å². The molecule has 0 spiro atoms. The largest absolute Gasteiger partial charge is 0.341 e. The van der Waals surface area contributed by atoms with E-state index in [1.54, 1.807) is 0 Å². The number of carbonyl (C=O) groups is 1. The van der Waals surface area contributed by atoms with Gasteiger partial charge in [-0.1, -0.05) is 30.3 Å². The number of nitrogens with one attached hydrogen (secondary N) is 1. The molecule has 4 nitrogen and oxygen atoms in total. The van der Waals surface area contributed by atoms with Crippen LogP contribution in [-0.2, 0) is 11.2 Å². The molecule has 0 saturated carbocycles. The first-order chi connectivity index (χ1) is 10.3. The van der Waals surface area contributed by atoms with Crippen molar-refractivity contribution in [3.8, 4) is 0 Å². The fourth-order valence-corrected chi connectivity index (χ4v) is 3.37. The molecule has 114 valence electrons. The molecule has 1 aromatic carbocycles. The van der Waals surface area contributed by atoms with Gasteiger partial charge in [-0.2, -0.15) is 0 Å². The van der Waals surface area contributed by atoms with E-state index >= 15 is 0 Å². The van der Waals surface area contributed by atoms with Gasteiger partial charge >= 0.3 is 0 Å². The lowest BCUT2D eigenvalue weighted by atomic mass is 10.1. The van der Waals surface area contributed by atoms with Gasteiger partial charge in [-0.05, 0) is 18.4 Å². The summed E-state index contributed by atoms with van der Waals surface area (Å²) in [6, 6.07) is 10.9. The predicted octanol–water partition coefficient (Wildman–Crippen LogP) is 1.13. The highest BCUT2D eigenvalue weighted by molar-refractivity contribution is 5.76. The maximum atomic E-state index is 12.3. The van der Waals surface area contributed by atoms with Crippen LogP contribution in [0, 0.1) is 0 Å². The first kappa shape index (κ1) is 14.5. The summed E-state index contributed by atoms with van der Waals surface area (Å²) in [7, 11) is 0. The fourth-order valence-electron chi connectivity index (χ4n) is 3.37. The van der Waals surface area contributed by atoms with Crippen molar-refractivity contribution in [3.63, 3.8) is 0 Å². The third-order valence-electron chi connectivity index (χ3n) is 4.65. The fraction of sp³-hybridized carbons (Fsp3) is 0.588. The zero-order valence-corrected chi connectivity index (χ0v) is 12.6. The molecule has 1 unspecified atom stereocenters. The SMILES string of the molecule is O=C(CCc1ccccc1)N1CCC(N2CCNCC2)C1. The molecule has 2 aliphatic heterocycles. The lowest BCUT2D eigenvalue weighted by Crippen LogP contribution is -2.49. The number of aryl methyl sites for hydroxylation is 1. The van der Waals surface area contributed by atoms with E-state index in [1.807, 2.05) is 18.2 Å². The molecule has 1 N–H and O–H groups in total. The minimum atomic E-state index is 0.316. The zero-order chi connectivity index (χ0) is 14.5. The Morgan fingerprint density at radius 3 is 2.67 bits per heavy atom. The van der Waals surface area contributed by atoms with Gasteiger partial charge in [0.15, 0.2) is 0 Å². The van der Waals surface area contributed by atoms with Crippen LogP contribution in [0.25, 0.3) is 0 Å². The monoisotopic (exact) mass is 287 g/mol. The number of hydrogen-bond donors (Lipinski definition) is 1. The molecule has 0 radical (unpaired) electrons. The highest BCUT2D eigenvalue weighted by atomic mass is 16.2. The average Bonchev–Trinajstić information content (AvgIpc) is 3.04. The summed E-state index contributed by atoms with van der Waals surface area (Å²) in [5.41, 5.74) is 1.25. The summed E-state index contributed by atoms with van der Waals surface area (Å²) in [6.07, 6.45) is 2.63. The van der Waals surface area contributed by atoms with E-state index in [9.17, 15) is 4.79 Å². The van der Waals surface area contributed by atoms with E-state index in [4.69, 9.17) is 0 Å². The Balaban J connectivity index is 1.45. The molecule has 1 amide bonds. The molecule has 2 fully saturated rings. The molecule has 2 aliphatic rings. The lowest BCUT2D eigenvalue weighted by Gasteiger charge is -2.32. The van der Waals surface area contributed by atoms with Crippen molar-refractivity contribution in [2.24, 2.45) is 0 Å². The summed E-state index contributed by atoms with van der Waals surface area (Å²) in [5.74, 6) is 0.316. The van der Waals surface area contributed by atoms with Crippen LogP contribution in [0.15, 0.2) is 30.3 Å². The average molecular weight is 287 g/mol. The Bertz CT molecular complexity index is 456. The highest BCUT2D eigenvalue weighted by Crippen LogP contribution is 2.17. The normalized spacial score (nSPS) is 23.4. The second kappa shape index (κ2) is 7.05. The summed E-state index contributed by atoms with van der Waals surface area (Å²) < 4.78 is 0. The summed E-state index contributed by atoms with van der Waals surface area (Å²) in [4.78, 5) is 16.9. The number of hydrogen-bond acceptors (Lipinski definition) is 3. The van der Waals surface area contributed by atoms with Crippen molar-refractivity contribution in [1.82, 2.24) is 15.1 Å². The van der Waals surface area contributed by atoms with Crippen molar-refractivity contribution in [2.45, 2.75) is 25.3 Å². The molecule has 2 saturated heterocycles. The van der Waals surface area contributed by atoms with E-state index < -0.39 is 0 Å². The Morgan fingerprint density at radius 1 is 1.14 bits per heavy atom. The number of nitrogens with zero attached hydrogens (tertiary/aromatic N) is 2. The Labute approximate surface area is 127 Å². The van der Waals surface area contributed by atoms with E-state index in [0.29, 0.717) is 18.4 Å². The molecule has 1 aromatic rings. The lowest BCUT2D eigenvalue weighted by molar-refractivity contribution is -0.130. The molecule has 3 rings (SSSR count). The molecular weight excluding hydrogens is 262 g/mol. The van der Waals surface area contributed by atoms with Crippen molar-refractivity contribution in [2.75, 3.05) is 39.3 Å². The minimum Gasteiger partial charge on any atom is -0.341 e. The van der Waals surface area contributed by atoms with Gasteiger partial charge in [0.2, 0.25) is 5.91 Å². The molecular formula is C17H25N3O. The molecule has 0 bridgehead atoms. The van der Waals surface area contributed by atoms with E-state index in [1.165, 1.54) is 5.56 Å². The van der Waals surface area contributed by atoms with Crippen molar-refractivity contribution in [3.05, 3.63) is 35.9 Å². The van der Waals surface area contributed by atoms with E-state index in [2.05, 4.69) is 27.2 Å². The van der Waals surface area contributed by atoms with Crippen molar-refractivity contribution in [1.29, 1.82) is 0 Å². The Morgan fingerprint density at radius 2 is 1.90 bits per heavy atom. The molecule has 2 heterocycles. The first-order valence-corrected chi connectivity index (χ1v) is 8.09. The third-order valence-corrected chi connectivity index (χ3v) is 4.65. The van der Waals surface area contributed by atoms with E-state index in [0.717, 1.165) is 52.1 Å². The molecule has 1 atom stereocenters. The van der Waals surface area contributed by atoms with Gasteiger partial charge in [0, 0.05) is 51.7 Å². The second-order valence-corrected chi connectivity index (χ2v) is 6.05. The Kier molecular flexibility index (Phi) is 4.88. The van der Waals surface area contributed by atoms with E-state index in [-0.39, 0.29) is 0 Å². The van der Waals surface area contributed by atoms with Gasteiger partial charge < -0.3 is 10.2 Å². The van der Waals surface area contributed by atoms with Gasteiger partial charge in [-0.3, -0.25) is 9.69 Å². The van der Waals surface area contributed by atoms with Crippen LogP contribution in [0.1, 0.15) is 18.4 Å². The van der Waals surface area contributed by atoms with Gasteiger partial charge in [-0.25, -0.2) is 0 Å². The van der Waals surface area contributed by atoms with Crippen molar-refractivity contribution < 1.29 is 4.79 Å². The van der Waals surface area contributed by atoms with Gasteiger partial charge in [0.1, 0.15) is 0 Å². The van der Waals surface area contributed by atoms with Crippen LogP contribution in [0.2, 0.25) is 0 Å². The predicted molar refractivity (Wildman–Crippen MR) is 84.2 cm³/mol. The quantitative estimate of drug-likeness (QED) is 0.901. The summed E-state index contributed by atoms with van der Waals surface area (Å²) in [6.45, 7) is 6.26. The van der Waals surface area contributed by atoms with Crippen LogP contribution >= 0.6 is 0 Å². The maximum Gasteiger partial charge on any atom is 0.222 e. The van der Waals surface area contributed by atoms with Crippen LogP contribution in [-0.4, -0.2) is 61.0 Å². The second-order valence-electron chi connectivity index (χ2n) is 6.05. The zero-order valence-electron chi connectivity index (χ0n) is 12.6. The molecule has 21 heavy (non-hydrogen) atoms. The van der Waals surface area contributed by atoms with Gasteiger partial charge in [0.05, 0.1) is 0 Å². The first-order valence-electron chi connectivity index (χ1n) is 8.09. The molecule has 0 aromatic heterocycles. The molecule has 0 aliphatic carbocycles. The summed E-state index contributed by atoms with van der Waals surface area (Å²) >= 11 is 0. The Hall–Kier alpha value is -1.39. The number of rotatable bonds is 4. The third kappa shape index (κ3) is 3.83. The number of piperazine rings is 1. The number of likely N-dealkylation sites (tertiary alicyclic amines) is 1. The van der Waals surface area contributed by atoms with Crippen LogP contribution in [0.5, 0.6) is 0 Å². The summed E-state index contributed by atoms with van der Waals surface area (Å²) in [5, 5.41) is 3.39. The number of amides is 1. The van der Waals surface area contributed by atoms with Gasteiger partial charge in [-0.15, -0.1) is 0 Å².